The molecule has 0 radical (unpaired) electrons. The first-order valence-corrected chi connectivity index (χ1v) is 10.00. The number of nitroso groups, excluding NO2 is 2. The van der Waals surface area contributed by atoms with Gasteiger partial charge in [-0.2, -0.15) is 4.91 Å². The second-order valence-electron chi connectivity index (χ2n) is 8.97. The summed E-state index contributed by atoms with van der Waals surface area (Å²) >= 11 is 0. The van der Waals surface area contributed by atoms with Crippen molar-refractivity contribution in [2.45, 2.75) is 40.2 Å². The SMILES string of the molecule is CC(C)[C@H]1Cc2cc(OCC(C)(C)CN=O)c(O)cc2-c2cc(=O)c(C(=O)N=O)cn21. The van der Waals surface area contributed by atoms with E-state index in [0.29, 0.717) is 17.7 Å². The Hall–Kier alpha value is -3.36. The van der Waals surface area contributed by atoms with E-state index in [2.05, 4.69) is 10.4 Å². The molecule has 1 aliphatic heterocycles. The Morgan fingerprint density at radius 1 is 1.29 bits per heavy atom. The lowest BCUT2D eigenvalue weighted by Gasteiger charge is -2.33. The topological polar surface area (TPSA) is 127 Å². The number of aromatic nitrogens is 1. The third kappa shape index (κ3) is 4.40. The van der Waals surface area contributed by atoms with Crippen LogP contribution in [0, 0.1) is 21.1 Å². The molecular weight excluding hydrogens is 402 g/mol. The Morgan fingerprint density at radius 3 is 2.61 bits per heavy atom. The predicted octanol–water partition coefficient (Wildman–Crippen LogP) is 4.05. The zero-order chi connectivity index (χ0) is 22.9. The van der Waals surface area contributed by atoms with Crippen LogP contribution in [0.15, 0.2) is 39.5 Å². The summed E-state index contributed by atoms with van der Waals surface area (Å²) in [5.74, 6) is -0.775. The smallest absolute Gasteiger partial charge is 0.322 e. The summed E-state index contributed by atoms with van der Waals surface area (Å²) in [5.41, 5.74) is 0.701. The second-order valence-corrected chi connectivity index (χ2v) is 8.97. The molecule has 1 atom stereocenters. The maximum absolute atomic E-state index is 12.4. The molecule has 1 aliphatic rings. The molecule has 1 aromatic heterocycles. The van der Waals surface area contributed by atoms with Crippen LogP contribution in [0.5, 0.6) is 11.5 Å². The minimum Gasteiger partial charge on any atom is -0.504 e. The number of phenols is 1. The summed E-state index contributed by atoms with van der Waals surface area (Å²) in [7, 11) is 0. The molecule has 3 rings (SSSR count). The molecule has 31 heavy (non-hydrogen) atoms. The largest absolute Gasteiger partial charge is 0.504 e. The van der Waals surface area contributed by atoms with E-state index < -0.39 is 16.8 Å². The number of pyridine rings is 1. The Balaban J connectivity index is 2.08. The molecular formula is C22H25N3O6. The number of fused-ring (bicyclic) bond motifs is 3. The Morgan fingerprint density at radius 2 is 2.00 bits per heavy atom. The zero-order valence-electron chi connectivity index (χ0n) is 17.9. The molecule has 2 aromatic rings. The first-order chi connectivity index (χ1) is 14.6. The Labute approximate surface area is 179 Å². The number of hydrogen-bond donors (Lipinski definition) is 1. The fourth-order valence-electron chi connectivity index (χ4n) is 3.76. The Kier molecular flexibility index (Phi) is 6.06. The summed E-state index contributed by atoms with van der Waals surface area (Å²) in [5, 5.41) is 15.8. The minimum atomic E-state index is -1.10. The van der Waals surface area contributed by atoms with E-state index >= 15 is 0 Å². The highest BCUT2D eigenvalue weighted by Crippen LogP contribution is 2.42. The molecule has 0 saturated heterocycles. The molecule has 1 N–H and O–H groups in total. The standard InChI is InChI=1S/C22H25N3O6/c1-12(2)16-5-13-6-20(31-11-22(3,4)10-23-29)19(27)7-14(13)17-8-18(26)15(9-25(16)17)21(28)24-30/h6-9,12,16,27H,5,10-11H2,1-4H3/t16-/m1/s1. The second kappa shape index (κ2) is 8.41. The van der Waals surface area contributed by atoms with Gasteiger partial charge >= 0.3 is 5.91 Å². The number of phenolic OH excluding ortho intramolecular Hbond substituents is 1. The van der Waals surface area contributed by atoms with E-state index in [9.17, 15) is 24.5 Å². The summed E-state index contributed by atoms with van der Waals surface area (Å²) in [6.07, 6.45) is 1.95. The van der Waals surface area contributed by atoms with Crippen LogP contribution in [-0.4, -0.2) is 28.7 Å². The van der Waals surface area contributed by atoms with Crippen LogP contribution in [-0.2, 0) is 6.42 Å². The normalized spacial score (nSPS) is 15.2. The molecule has 0 unspecified atom stereocenters. The highest BCUT2D eigenvalue weighted by Gasteiger charge is 2.30. The van der Waals surface area contributed by atoms with Gasteiger partial charge in [0.15, 0.2) is 16.9 Å². The lowest BCUT2D eigenvalue weighted by atomic mass is 9.87. The van der Waals surface area contributed by atoms with Crippen molar-refractivity contribution in [1.82, 2.24) is 4.57 Å². The van der Waals surface area contributed by atoms with Gasteiger partial charge in [-0.15, -0.1) is 4.91 Å². The molecule has 1 amide bonds. The van der Waals surface area contributed by atoms with Gasteiger partial charge in [0.2, 0.25) is 0 Å². The van der Waals surface area contributed by atoms with Gasteiger partial charge in [-0.05, 0) is 30.0 Å². The van der Waals surface area contributed by atoms with Crippen LogP contribution in [0.3, 0.4) is 0 Å². The van der Waals surface area contributed by atoms with E-state index in [0.717, 1.165) is 5.56 Å². The van der Waals surface area contributed by atoms with E-state index in [1.807, 2.05) is 27.7 Å². The van der Waals surface area contributed by atoms with E-state index in [1.54, 1.807) is 10.6 Å². The van der Waals surface area contributed by atoms with Crippen LogP contribution in [0.4, 0.5) is 0 Å². The molecule has 9 nitrogen and oxygen atoms in total. The minimum absolute atomic E-state index is 0.0844. The number of ether oxygens (including phenoxy) is 1. The van der Waals surface area contributed by atoms with Crippen molar-refractivity contribution in [2.75, 3.05) is 13.2 Å². The number of rotatable bonds is 7. The number of carbonyl (C=O) groups excluding carboxylic acids is 1. The average Bonchev–Trinajstić information content (AvgIpc) is 2.70. The average molecular weight is 427 g/mol. The fourth-order valence-corrected chi connectivity index (χ4v) is 3.76. The van der Waals surface area contributed by atoms with E-state index in [-0.39, 0.29) is 42.2 Å². The molecule has 164 valence electrons. The highest BCUT2D eigenvalue weighted by atomic mass is 16.5. The van der Waals surface area contributed by atoms with Crippen LogP contribution in [0.2, 0.25) is 0 Å². The van der Waals surface area contributed by atoms with E-state index in [1.165, 1.54) is 18.3 Å². The van der Waals surface area contributed by atoms with Gasteiger partial charge < -0.3 is 14.4 Å². The van der Waals surface area contributed by atoms with Gasteiger partial charge in [-0.3, -0.25) is 9.59 Å². The van der Waals surface area contributed by atoms with Crippen molar-refractivity contribution in [2.24, 2.45) is 21.7 Å². The molecule has 0 fully saturated rings. The number of aromatic hydroxyl groups is 1. The molecule has 9 heteroatoms. The van der Waals surface area contributed by atoms with Gasteiger partial charge in [0, 0.05) is 34.5 Å². The van der Waals surface area contributed by atoms with Gasteiger partial charge in [0.1, 0.15) is 5.56 Å². The quantitative estimate of drug-likeness (QED) is 0.664. The third-order valence-corrected chi connectivity index (χ3v) is 5.52. The van der Waals surface area contributed by atoms with Crippen molar-refractivity contribution in [3.05, 3.63) is 55.6 Å². The lowest BCUT2D eigenvalue weighted by molar-refractivity contribution is 0.0998. The van der Waals surface area contributed by atoms with Crippen molar-refractivity contribution < 1.29 is 14.6 Å². The molecule has 2 heterocycles. The number of nitrogens with zero attached hydrogens (tertiary/aromatic N) is 3. The van der Waals surface area contributed by atoms with Crippen LogP contribution >= 0.6 is 0 Å². The summed E-state index contributed by atoms with van der Waals surface area (Å²) in [6.45, 7) is 8.00. The Bertz CT molecular complexity index is 1100. The van der Waals surface area contributed by atoms with Crippen molar-refractivity contribution in [3.8, 4) is 22.8 Å². The number of carbonyl (C=O) groups is 1. The van der Waals surface area contributed by atoms with Gasteiger partial charge in [0.05, 0.1) is 18.8 Å². The van der Waals surface area contributed by atoms with E-state index in [4.69, 9.17) is 4.74 Å². The predicted molar refractivity (Wildman–Crippen MR) is 115 cm³/mol. The lowest BCUT2D eigenvalue weighted by Crippen LogP contribution is -2.28. The van der Waals surface area contributed by atoms with Crippen molar-refractivity contribution in [1.29, 1.82) is 0 Å². The van der Waals surface area contributed by atoms with Gasteiger partial charge in [-0.1, -0.05) is 32.9 Å². The number of hydrogen-bond acceptors (Lipinski definition) is 7. The van der Waals surface area contributed by atoms with Crippen molar-refractivity contribution >= 4 is 5.91 Å². The fraction of sp³-hybridized carbons (Fsp3) is 0.455. The molecule has 0 saturated carbocycles. The summed E-state index contributed by atoms with van der Waals surface area (Å²) in [4.78, 5) is 45.5. The highest BCUT2D eigenvalue weighted by molar-refractivity contribution is 5.94. The maximum atomic E-state index is 12.4. The van der Waals surface area contributed by atoms with Crippen LogP contribution in [0.25, 0.3) is 11.3 Å². The molecule has 0 aliphatic carbocycles. The first-order valence-electron chi connectivity index (χ1n) is 10.00. The van der Waals surface area contributed by atoms with Crippen LogP contribution in [0.1, 0.15) is 49.7 Å². The summed E-state index contributed by atoms with van der Waals surface area (Å²) in [6, 6.07) is 4.47. The summed E-state index contributed by atoms with van der Waals surface area (Å²) < 4.78 is 7.58. The molecule has 1 aromatic carbocycles. The van der Waals surface area contributed by atoms with Crippen molar-refractivity contribution in [3.63, 3.8) is 0 Å². The molecule has 0 spiro atoms. The molecule has 0 bridgehead atoms. The number of amides is 1. The number of benzene rings is 1. The van der Waals surface area contributed by atoms with Gasteiger partial charge in [0.25, 0.3) is 0 Å². The third-order valence-electron chi connectivity index (χ3n) is 5.52. The van der Waals surface area contributed by atoms with Gasteiger partial charge in [-0.25, -0.2) is 0 Å². The van der Waals surface area contributed by atoms with Crippen LogP contribution < -0.4 is 10.2 Å². The zero-order valence-corrected chi connectivity index (χ0v) is 17.9. The monoisotopic (exact) mass is 427 g/mol. The first kappa shape index (κ1) is 22.3. The maximum Gasteiger partial charge on any atom is 0.322 e.